The second kappa shape index (κ2) is 10.8. The van der Waals surface area contributed by atoms with Crippen molar-refractivity contribution in [3.8, 4) is 0 Å². The Hall–Kier alpha value is -1.22. The lowest BCUT2D eigenvalue weighted by Gasteiger charge is -2.60. The fraction of sp³-hybridized carbons (Fsp3) is 0.735. The van der Waals surface area contributed by atoms with E-state index >= 15 is 0 Å². The molecule has 4 aliphatic carbocycles. The Morgan fingerprint density at radius 1 is 0.900 bits per heavy atom. The topological polar surface area (TPSA) is 40.0 Å². The number of oxime groups is 1. The van der Waals surface area contributed by atoms with Crippen LogP contribution in [0.1, 0.15) is 77.7 Å². The van der Waals surface area contributed by atoms with E-state index in [1.165, 1.54) is 38.5 Å². The molecule has 0 radical (unpaired) electrons. The molecule has 0 spiro atoms. The standard InChI is InChI=1S/C34H55NO3Si2/c1-25(35-36-24-26-13-11-10-12-14-26)34(38-40(7,8)9)22-19-31-29-16-15-27-23-28(37-39(4,5)6)17-20-32(27,2)30(29)18-21-33(31,34)3/h10-15,28-31H,16-24H2,1-9H3/b35-25+. The zero-order valence-corrected chi connectivity index (χ0v) is 28.8. The summed E-state index contributed by atoms with van der Waals surface area (Å²) in [5, 5.41) is 4.81. The van der Waals surface area contributed by atoms with Crippen molar-refractivity contribution in [2.45, 2.75) is 130 Å². The molecular weight excluding hydrogens is 527 g/mol. The van der Waals surface area contributed by atoms with Crippen LogP contribution in [0.15, 0.2) is 47.1 Å². The minimum absolute atomic E-state index is 0.0813. The molecule has 40 heavy (non-hydrogen) atoms. The number of rotatable bonds is 8. The van der Waals surface area contributed by atoms with Crippen LogP contribution < -0.4 is 0 Å². The van der Waals surface area contributed by atoms with Gasteiger partial charge in [0.15, 0.2) is 16.6 Å². The van der Waals surface area contributed by atoms with Gasteiger partial charge in [-0.3, -0.25) is 0 Å². The molecular formula is C34H55NO3Si2. The number of hydrogen-bond donors (Lipinski definition) is 0. The zero-order valence-electron chi connectivity index (χ0n) is 26.8. The van der Waals surface area contributed by atoms with Gasteiger partial charge in [-0.1, -0.05) is 61.0 Å². The smallest absolute Gasteiger partial charge is 0.185 e. The van der Waals surface area contributed by atoms with E-state index in [0.29, 0.717) is 24.0 Å². The van der Waals surface area contributed by atoms with Crippen molar-refractivity contribution < 1.29 is 13.7 Å². The van der Waals surface area contributed by atoms with Gasteiger partial charge in [0.05, 0.1) is 5.71 Å². The molecule has 4 aliphatic rings. The van der Waals surface area contributed by atoms with Gasteiger partial charge in [-0.25, -0.2) is 0 Å². The van der Waals surface area contributed by atoms with E-state index < -0.39 is 16.6 Å². The van der Waals surface area contributed by atoms with Crippen LogP contribution in [0.3, 0.4) is 0 Å². The maximum absolute atomic E-state index is 7.30. The van der Waals surface area contributed by atoms with Crippen LogP contribution in [-0.4, -0.2) is 34.1 Å². The third-order valence-electron chi connectivity index (χ3n) is 11.0. The SMILES string of the molecule is C/C(=N\OCc1ccccc1)C1(O[Si](C)(C)C)CCC2C3CC=C4CC(O[Si](C)(C)C)CCC4(C)C3CCC21C. The van der Waals surface area contributed by atoms with Gasteiger partial charge in [-0.05, 0) is 126 Å². The van der Waals surface area contributed by atoms with E-state index in [-0.39, 0.29) is 11.0 Å². The zero-order chi connectivity index (χ0) is 29.0. The summed E-state index contributed by atoms with van der Waals surface area (Å²) in [5.41, 5.74) is 3.99. The van der Waals surface area contributed by atoms with Gasteiger partial charge in [0.25, 0.3) is 0 Å². The molecule has 3 fully saturated rings. The third-order valence-corrected chi connectivity index (χ3v) is 13.0. The molecule has 0 heterocycles. The van der Waals surface area contributed by atoms with Crippen molar-refractivity contribution in [1.29, 1.82) is 0 Å². The van der Waals surface area contributed by atoms with Gasteiger partial charge in [0.1, 0.15) is 12.2 Å². The highest BCUT2D eigenvalue weighted by Gasteiger charge is 2.66. The van der Waals surface area contributed by atoms with Crippen LogP contribution in [0.2, 0.25) is 39.3 Å². The Kier molecular flexibility index (Phi) is 8.17. The monoisotopic (exact) mass is 581 g/mol. The fourth-order valence-electron chi connectivity index (χ4n) is 9.44. The molecule has 0 saturated heterocycles. The molecule has 7 atom stereocenters. The molecule has 0 aromatic heterocycles. The van der Waals surface area contributed by atoms with Crippen LogP contribution in [0.5, 0.6) is 0 Å². The summed E-state index contributed by atoms with van der Waals surface area (Å²) in [7, 11) is -3.38. The average molecular weight is 582 g/mol. The van der Waals surface area contributed by atoms with Crippen molar-refractivity contribution >= 4 is 22.3 Å². The van der Waals surface area contributed by atoms with Crippen molar-refractivity contribution in [2.24, 2.45) is 33.7 Å². The Balaban J connectivity index is 1.40. The predicted octanol–water partition coefficient (Wildman–Crippen LogP) is 9.35. The largest absolute Gasteiger partial charge is 0.414 e. The minimum Gasteiger partial charge on any atom is -0.414 e. The minimum atomic E-state index is -1.86. The van der Waals surface area contributed by atoms with Gasteiger partial charge in [0, 0.05) is 11.5 Å². The molecule has 4 nitrogen and oxygen atoms in total. The van der Waals surface area contributed by atoms with Crippen molar-refractivity contribution in [3.63, 3.8) is 0 Å². The van der Waals surface area contributed by atoms with Crippen molar-refractivity contribution in [3.05, 3.63) is 47.5 Å². The van der Waals surface area contributed by atoms with E-state index in [9.17, 15) is 0 Å². The first-order valence-corrected chi connectivity index (χ1v) is 22.8. The molecule has 1 aromatic carbocycles. The Morgan fingerprint density at radius 3 is 2.27 bits per heavy atom. The quantitative estimate of drug-likeness (QED) is 0.133. The molecule has 0 bridgehead atoms. The average Bonchev–Trinajstić information content (AvgIpc) is 3.15. The first kappa shape index (κ1) is 30.2. The van der Waals surface area contributed by atoms with Gasteiger partial charge < -0.3 is 13.7 Å². The number of nitrogens with zero attached hydrogens (tertiary/aromatic N) is 1. The van der Waals surface area contributed by atoms with Crippen LogP contribution in [0.4, 0.5) is 0 Å². The highest BCUT2D eigenvalue weighted by Crippen LogP contribution is 2.68. The van der Waals surface area contributed by atoms with Gasteiger partial charge >= 0.3 is 0 Å². The summed E-state index contributed by atoms with van der Waals surface area (Å²) in [6, 6.07) is 10.4. The maximum Gasteiger partial charge on any atom is 0.185 e. The molecule has 1 aromatic rings. The molecule has 0 amide bonds. The lowest BCUT2D eigenvalue weighted by atomic mass is 9.46. The summed E-state index contributed by atoms with van der Waals surface area (Å²) >= 11 is 0. The Labute approximate surface area is 246 Å². The van der Waals surface area contributed by atoms with Crippen LogP contribution in [0, 0.1) is 28.6 Å². The summed E-state index contributed by atoms with van der Waals surface area (Å²) in [6.07, 6.45) is 12.8. The van der Waals surface area contributed by atoms with Crippen LogP contribution in [0.25, 0.3) is 0 Å². The fourth-order valence-corrected chi connectivity index (χ4v) is 12.2. The van der Waals surface area contributed by atoms with Crippen LogP contribution in [-0.2, 0) is 20.3 Å². The molecule has 5 rings (SSSR count). The number of fused-ring (bicyclic) bond motifs is 5. The summed E-state index contributed by atoms with van der Waals surface area (Å²) in [5.74, 6) is 2.16. The first-order valence-electron chi connectivity index (χ1n) is 16.0. The molecule has 0 aliphatic heterocycles. The normalized spacial score (nSPS) is 38.2. The second-order valence-corrected chi connectivity index (χ2v) is 24.7. The highest BCUT2D eigenvalue weighted by atomic mass is 28.4. The predicted molar refractivity (Wildman–Crippen MR) is 171 cm³/mol. The molecule has 3 saturated carbocycles. The van der Waals surface area contributed by atoms with Gasteiger partial charge in [-0.15, -0.1) is 0 Å². The Morgan fingerprint density at radius 2 is 1.60 bits per heavy atom. The molecule has 7 unspecified atom stereocenters. The summed E-state index contributed by atoms with van der Waals surface area (Å²) in [6.45, 7) is 21.9. The Bertz CT molecular complexity index is 1120. The summed E-state index contributed by atoms with van der Waals surface area (Å²) in [4.78, 5) is 6.00. The molecule has 222 valence electrons. The highest BCUT2D eigenvalue weighted by molar-refractivity contribution is 6.70. The van der Waals surface area contributed by atoms with Gasteiger partial charge in [0.2, 0.25) is 0 Å². The maximum atomic E-state index is 7.30. The van der Waals surface area contributed by atoms with E-state index in [2.05, 4.69) is 90.4 Å². The summed E-state index contributed by atoms with van der Waals surface area (Å²) < 4.78 is 13.9. The van der Waals surface area contributed by atoms with Crippen molar-refractivity contribution in [1.82, 2.24) is 0 Å². The van der Waals surface area contributed by atoms with E-state index in [1.54, 1.807) is 5.57 Å². The van der Waals surface area contributed by atoms with Crippen LogP contribution >= 0.6 is 0 Å². The van der Waals surface area contributed by atoms with E-state index in [1.807, 2.05) is 6.07 Å². The molecule has 0 N–H and O–H groups in total. The molecule has 6 heteroatoms. The van der Waals surface area contributed by atoms with E-state index in [4.69, 9.17) is 18.8 Å². The first-order chi connectivity index (χ1) is 18.7. The second-order valence-electron chi connectivity index (χ2n) is 15.8. The lowest BCUT2D eigenvalue weighted by Crippen LogP contribution is -2.60. The van der Waals surface area contributed by atoms with E-state index in [0.717, 1.165) is 36.0 Å². The number of benzene rings is 1. The van der Waals surface area contributed by atoms with Crippen molar-refractivity contribution in [2.75, 3.05) is 0 Å². The lowest BCUT2D eigenvalue weighted by molar-refractivity contribution is -0.0869. The number of hydrogen-bond acceptors (Lipinski definition) is 4. The number of allylic oxidation sites excluding steroid dienone is 1. The van der Waals surface area contributed by atoms with Gasteiger partial charge in [-0.2, -0.15) is 0 Å². The third kappa shape index (κ3) is 5.59.